The van der Waals surface area contributed by atoms with Gasteiger partial charge in [0.1, 0.15) is 6.61 Å². The molecular weight excluding hydrogens is 422 g/mol. The predicted octanol–water partition coefficient (Wildman–Crippen LogP) is 1.80. The van der Waals surface area contributed by atoms with E-state index in [0.29, 0.717) is 31.7 Å². The van der Waals surface area contributed by atoms with Crippen molar-refractivity contribution in [2.45, 2.75) is 30.7 Å². The van der Waals surface area contributed by atoms with E-state index in [-0.39, 0.29) is 29.5 Å². The monoisotopic (exact) mass is 449 g/mol. The molecule has 2 heterocycles. The molecule has 11 heteroatoms. The number of nitro groups is 1. The van der Waals surface area contributed by atoms with E-state index in [0.717, 1.165) is 19.4 Å². The molecule has 1 aromatic carbocycles. The quantitative estimate of drug-likeness (QED) is 0.240. The van der Waals surface area contributed by atoms with Gasteiger partial charge in [0.25, 0.3) is 5.69 Å². The van der Waals surface area contributed by atoms with E-state index in [2.05, 4.69) is 22.5 Å². The lowest BCUT2D eigenvalue weighted by molar-refractivity contribution is -0.384. The van der Waals surface area contributed by atoms with E-state index in [1.807, 2.05) is 16.8 Å². The van der Waals surface area contributed by atoms with Crippen LogP contribution < -0.4 is 0 Å². The lowest BCUT2D eigenvalue weighted by atomic mass is 10.2. The Balaban J connectivity index is 1.44. The summed E-state index contributed by atoms with van der Waals surface area (Å²) in [7, 11) is 1.96. The first kappa shape index (κ1) is 23.0. The number of thiol groups is 1. The van der Waals surface area contributed by atoms with Crippen molar-refractivity contribution >= 4 is 36.7 Å². The predicted molar refractivity (Wildman–Crippen MR) is 118 cm³/mol. The van der Waals surface area contributed by atoms with E-state index in [1.165, 1.54) is 30.6 Å². The third kappa shape index (κ3) is 6.41. The molecular formula is C20H27N5O5S. The number of likely N-dealkylation sites (tertiary alicyclic amines) is 1. The standard InChI is InChI=1S/C20H27N5O5S/c1-22-12-17(31)11-18(22)19(26)24-8-2-7-23(9-10-24)14-21-20(27)30-13-15-3-5-16(6-4-15)25(28)29/h3-6,14,17-18,31H,2,7-13H2,1H3/t17-,18-/m0/s1. The summed E-state index contributed by atoms with van der Waals surface area (Å²) in [5.41, 5.74) is 0.616. The zero-order valence-corrected chi connectivity index (χ0v) is 18.3. The van der Waals surface area contributed by atoms with Gasteiger partial charge in [0.15, 0.2) is 0 Å². The number of carbonyl (C=O) groups excluding carboxylic acids is 2. The molecule has 10 nitrogen and oxygen atoms in total. The zero-order valence-electron chi connectivity index (χ0n) is 17.4. The van der Waals surface area contributed by atoms with E-state index < -0.39 is 11.0 Å². The zero-order chi connectivity index (χ0) is 22.4. The largest absolute Gasteiger partial charge is 0.443 e. The number of benzene rings is 1. The second kappa shape index (κ2) is 10.6. The Morgan fingerprint density at radius 2 is 2.00 bits per heavy atom. The van der Waals surface area contributed by atoms with Gasteiger partial charge < -0.3 is 14.5 Å². The molecule has 2 aliphatic heterocycles. The van der Waals surface area contributed by atoms with E-state index >= 15 is 0 Å². The summed E-state index contributed by atoms with van der Waals surface area (Å²) < 4.78 is 5.09. The Morgan fingerprint density at radius 3 is 2.65 bits per heavy atom. The number of aliphatic imine (C=N–C) groups is 1. The lowest BCUT2D eigenvalue weighted by Crippen LogP contribution is -2.45. The van der Waals surface area contributed by atoms with E-state index in [9.17, 15) is 19.7 Å². The van der Waals surface area contributed by atoms with Gasteiger partial charge in [-0.2, -0.15) is 17.6 Å². The van der Waals surface area contributed by atoms with Crippen LogP contribution in [0.15, 0.2) is 29.3 Å². The van der Waals surface area contributed by atoms with Crippen molar-refractivity contribution < 1.29 is 19.2 Å². The van der Waals surface area contributed by atoms with Crippen molar-refractivity contribution in [3.63, 3.8) is 0 Å². The molecule has 1 aromatic rings. The van der Waals surface area contributed by atoms with Crippen LogP contribution in [0.25, 0.3) is 0 Å². The maximum Gasteiger partial charge on any atom is 0.435 e. The van der Waals surface area contributed by atoms with Gasteiger partial charge in [-0.1, -0.05) is 0 Å². The smallest absolute Gasteiger partial charge is 0.435 e. The fourth-order valence-corrected chi connectivity index (χ4v) is 4.23. The van der Waals surface area contributed by atoms with Crippen molar-refractivity contribution in [3.05, 3.63) is 39.9 Å². The summed E-state index contributed by atoms with van der Waals surface area (Å²) in [6.45, 7) is 3.33. The molecule has 31 heavy (non-hydrogen) atoms. The molecule has 2 saturated heterocycles. The summed E-state index contributed by atoms with van der Waals surface area (Å²) in [5.74, 6) is 0.139. The average molecular weight is 450 g/mol. The summed E-state index contributed by atoms with van der Waals surface area (Å²) in [4.78, 5) is 44.6. The molecule has 0 N–H and O–H groups in total. The van der Waals surface area contributed by atoms with Gasteiger partial charge >= 0.3 is 6.09 Å². The van der Waals surface area contributed by atoms with Crippen LogP contribution in [0, 0.1) is 10.1 Å². The van der Waals surface area contributed by atoms with Crippen LogP contribution in [0.4, 0.5) is 10.5 Å². The molecule has 0 spiro atoms. The molecule has 0 radical (unpaired) electrons. The highest BCUT2D eigenvalue weighted by Crippen LogP contribution is 2.22. The maximum absolute atomic E-state index is 12.8. The van der Waals surface area contributed by atoms with Crippen LogP contribution in [0.2, 0.25) is 0 Å². The number of carbonyl (C=O) groups is 2. The fraction of sp³-hybridized carbons (Fsp3) is 0.550. The second-order valence-corrected chi connectivity index (χ2v) is 8.51. The van der Waals surface area contributed by atoms with Crippen LogP contribution in [0.1, 0.15) is 18.4 Å². The van der Waals surface area contributed by atoms with Crippen molar-refractivity contribution in [2.75, 3.05) is 39.8 Å². The number of amides is 2. The highest BCUT2D eigenvalue weighted by atomic mass is 32.1. The third-order valence-corrected chi connectivity index (χ3v) is 5.86. The highest BCUT2D eigenvalue weighted by Gasteiger charge is 2.35. The molecule has 2 fully saturated rings. The lowest BCUT2D eigenvalue weighted by Gasteiger charge is -2.27. The first-order valence-corrected chi connectivity index (χ1v) is 10.7. The first-order valence-electron chi connectivity index (χ1n) is 10.2. The summed E-state index contributed by atoms with van der Waals surface area (Å²) in [6.07, 6.45) is 2.28. The number of nitro benzene ring substituents is 1. The molecule has 168 valence electrons. The minimum atomic E-state index is -0.733. The summed E-state index contributed by atoms with van der Waals surface area (Å²) >= 11 is 4.50. The van der Waals surface area contributed by atoms with Gasteiger partial charge in [-0.25, -0.2) is 4.79 Å². The number of hydrogen-bond donors (Lipinski definition) is 1. The SMILES string of the molecule is CN1C[C@@H](S)C[C@H]1C(=O)N1CCCN(C=NC(=O)OCc2ccc([N+](=O)[O-])cc2)CC1. The normalized spacial score (nSPS) is 22.5. The van der Waals surface area contributed by atoms with Crippen molar-refractivity contribution in [1.29, 1.82) is 0 Å². The van der Waals surface area contributed by atoms with Crippen LogP contribution >= 0.6 is 12.6 Å². The maximum atomic E-state index is 12.8. The third-order valence-electron chi connectivity index (χ3n) is 5.49. The number of nitrogens with zero attached hydrogens (tertiary/aromatic N) is 5. The number of likely N-dealkylation sites (N-methyl/N-ethyl adjacent to an activating group) is 1. The number of hydrogen-bond acceptors (Lipinski definition) is 7. The highest BCUT2D eigenvalue weighted by molar-refractivity contribution is 7.81. The number of non-ortho nitro benzene ring substituents is 1. The van der Waals surface area contributed by atoms with Crippen LogP contribution in [-0.4, -0.2) is 89.0 Å². The minimum Gasteiger partial charge on any atom is -0.443 e. The molecule has 0 aliphatic carbocycles. The van der Waals surface area contributed by atoms with E-state index in [1.54, 1.807) is 0 Å². The Bertz CT molecular complexity index is 834. The van der Waals surface area contributed by atoms with Gasteiger partial charge in [0.05, 0.1) is 17.3 Å². The van der Waals surface area contributed by atoms with E-state index in [4.69, 9.17) is 4.74 Å². The van der Waals surface area contributed by atoms with Crippen molar-refractivity contribution in [3.8, 4) is 0 Å². The Morgan fingerprint density at radius 1 is 1.26 bits per heavy atom. The molecule has 2 amide bonds. The molecule has 0 unspecified atom stereocenters. The molecule has 2 aliphatic rings. The summed E-state index contributed by atoms with van der Waals surface area (Å²) in [5, 5.41) is 10.9. The number of ether oxygens (including phenoxy) is 1. The van der Waals surface area contributed by atoms with Gasteiger partial charge in [0.2, 0.25) is 5.91 Å². The Kier molecular flexibility index (Phi) is 7.85. The molecule has 0 bridgehead atoms. The molecule has 0 aromatic heterocycles. The van der Waals surface area contributed by atoms with Crippen molar-refractivity contribution in [1.82, 2.24) is 14.7 Å². The van der Waals surface area contributed by atoms with Gasteiger partial charge in [0, 0.05) is 50.1 Å². The Hall–Kier alpha value is -2.66. The second-order valence-electron chi connectivity index (χ2n) is 7.78. The number of rotatable bonds is 5. The topological polar surface area (TPSA) is 109 Å². The first-order chi connectivity index (χ1) is 14.8. The molecule has 3 rings (SSSR count). The summed E-state index contributed by atoms with van der Waals surface area (Å²) in [6, 6.07) is 5.67. The van der Waals surface area contributed by atoms with Gasteiger partial charge in [-0.15, -0.1) is 0 Å². The Labute approximate surface area is 186 Å². The van der Waals surface area contributed by atoms with Gasteiger partial charge in [-0.3, -0.25) is 19.8 Å². The van der Waals surface area contributed by atoms with Gasteiger partial charge in [-0.05, 0) is 37.6 Å². The van der Waals surface area contributed by atoms with Crippen molar-refractivity contribution in [2.24, 2.45) is 4.99 Å². The minimum absolute atomic E-state index is 0.0164. The van der Waals surface area contributed by atoms with Crippen LogP contribution in [0.5, 0.6) is 0 Å². The molecule has 0 saturated carbocycles. The van der Waals surface area contributed by atoms with Crippen LogP contribution in [0.3, 0.4) is 0 Å². The fourth-order valence-electron chi connectivity index (χ4n) is 3.77. The average Bonchev–Trinajstić information content (AvgIpc) is 2.94. The van der Waals surface area contributed by atoms with Crippen LogP contribution in [-0.2, 0) is 16.1 Å². The molecule has 2 atom stereocenters.